The summed E-state index contributed by atoms with van der Waals surface area (Å²) in [6.07, 6.45) is 0.937. The quantitative estimate of drug-likeness (QED) is 0.196. The van der Waals surface area contributed by atoms with Gasteiger partial charge in [-0.25, -0.2) is 4.79 Å². The molecule has 0 bridgehead atoms. The zero-order valence-corrected chi connectivity index (χ0v) is 14.8. The molecule has 114 valence electrons. The summed E-state index contributed by atoms with van der Waals surface area (Å²) in [4.78, 5) is 29.1. The largest absolute Gasteiger partial charge is 2.00 e. The van der Waals surface area contributed by atoms with Crippen molar-refractivity contribution in [2.24, 2.45) is 16.6 Å². The number of nitrogens with zero attached hydrogens (tertiary/aromatic N) is 2. The second-order valence-electron chi connectivity index (χ2n) is 4.73. The van der Waals surface area contributed by atoms with Crippen LogP contribution in [0.1, 0.15) is 16.2 Å². The SMILES string of the molecule is CC(O)[C@@H]1C(=O)N2C(C(=O)O)=C(SCCN=CN)C[C@H]12.[Ca+2].[H-].[H-]. The van der Waals surface area contributed by atoms with Crippen LogP contribution in [-0.4, -0.2) is 95.5 Å². The van der Waals surface area contributed by atoms with E-state index in [1.807, 2.05) is 0 Å². The zero-order valence-electron chi connectivity index (χ0n) is 13.7. The number of aliphatic imine (C=N–C) groups is 1. The monoisotopic (exact) mass is 341 g/mol. The molecule has 1 saturated heterocycles. The Morgan fingerprint density at radius 3 is 2.90 bits per heavy atom. The van der Waals surface area contributed by atoms with E-state index in [-0.39, 0.29) is 58.2 Å². The predicted octanol–water partition coefficient (Wildman–Crippen LogP) is -0.541. The number of thioether (sulfide) groups is 1. The third-order valence-electron chi connectivity index (χ3n) is 3.49. The van der Waals surface area contributed by atoms with E-state index in [0.717, 1.165) is 0 Å². The number of carboxylic acids is 1. The van der Waals surface area contributed by atoms with Crippen LogP contribution in [0.25, 0.3) is 0 Å². The van der Waals surface area contributed by atoms with Gasteiger partial charge in [-0.05, 0) is 6.92 Å². The maximum atomic E-state index is 11.9. The Labute approximate surface area is 159 Å². The topological polar surface area (TPSA) is 116 Å². The van der Waals surface area contributed by atoms with E-state index in [1.54, 1.807) is 6.92 Å². The molecular weight excluding hydrogens is 322 g/mol. The van der Waals surface area contributed by atoms with Gasteiger partial charge in [-0.2, -0.15) is 0 Å². The summed E-state index contributed by atoms with van der Waals surface area (Å²) >= 11 is 1.38. The fourth-order valence-corrected chi connectivity index (χ4v) is 3.71. The molecule has 1 unspecified atom stereocenters. The Hall–Kier alpha value is -0.280. The maximum Gasteiger partial charge on any atom is 2.00 e. The fourth-order valence-electron chi connectivity index (χ4n) is 2.66. The number of aliphatic carboxylic acids is 1. The van der Waals surface area contributed by atoms with Gasteiger partial charge in [0.05, 0.1) is 30.9 Å². The number of aliphatic hydroxyl groups excluding tert-OH is 1. The summed E-state index contributed by atoms with van der Waals surface area (Å²) in [7, 11) is 0. The standard InChI is InChI=1S/C12H17N3O4S.Ca.2H/c1-6(16)9-7-4-8(20-3-2-14-5-13)10(12(18)19)15(7)11(9)17;;;/h5-7,9,16H,2-4H2,1H3,(H2,13,14)(H,18,19);;;/q;+2;2*-1/t6?,7-,9+;;;/m1.../s1. The van der Waals surface area contributed by atoms with E-state index in [0.29, 0.717) is 23.6 Å². The number of rotatable bonds is 6. The smallest absolute Gasteiger partial charge is 1.00 e. The number of β-lactam (4-membered cyclic amide) rings is 1. The fraction of sp³-hybridized carbons (Fsp3) is 0.583. The Balaban J connectivity index is 0. The van der Waals surface area contributed by atoms with Crippen LogP contribution in [0.5, 0.6) is 0 Å². The molecule has 2 aliphatic rings. The summed E-state index contributed by atoms with van der Waals surface area (Å²) in [6.45, 7) is 2.05. The second-order valence-corrected chi connectivity index (χ2v) is 5.92. The Morgan fingerprint density at radius 2 is 2.38 bits per heavy atom. The summed E-state index contributed by atoms with van der Waals surface area (Å²) in [6, 6.07) is -0.228. The molecule has 9 heteroatoms. The molecule has 7 nitrogen and oxygen atoms in total. The first-order valence-electron chi connectivity index (χ1n) is 6.29. The Morgan fingerprint density at radius 1 is 1.71 bits per heavy atom. The summed E-state index contributed by atoms with van der Waals surface area (Å²) < 4.78 is 0. The Kier molecular flexibility index (Phi) is 6.99. The number of fused-ring (bicyclic) bond motifs is 1. The van der Waals surface area contributed by atoms with Crippen molar-refractivity contribution >= 4 is 67.7 Å². The third-order valence-corrected chi connectivity index (χ3v) is 4.59. The number of hydrogen-bond donors (Lipinski definition) is 3. The van der Waals surface area contributed by atoms with Gasteiger partial charge in [0.1, 0.15) is 5.70 Å². The van der Waals surface area contributed by atoms with E-state index in [9.17, 15) is 19.8 Å². The first-order chi connectivity index (χ1) is 9.49. The zero-order chi connectivity index (χ0) is 14.9. The van der Waals surface area contributed by atoms with Gasteiger partial charge in [0.25, 0.3) is 0 Å². The molecule has 1 amide bonds. The van der Waals surface area contributed by atoms with E-state index < -0.39 is 18.0 Å². The first kappa shape index (κ1) is 18.8. The van der Waals surface area contributed by atoms with Crippen LogP contribution in [0.15, 0.2) is 15.6 Å². The molecule has 2 aliphatic heterocycles. The van der Waals surface area contributed by atoms with Crippen LogP contribution in [0.4, 0.5) is 0 Å². The number of carbonyl (C=O) groups is 2. The van der Waals surface area contributed by atoms with Gasteiger partial charge in [0.2, 0.25) is 5.91 Å². The number of nitrogens with two attached hydrogens (primary N) is 1. The van der Waals surface area contributed by atoms with Crippen molar-refractivity contribution in [2.45, 2.75) is 25.5 Å². The molecule has 2 heterocycles. The van der Waals surface area contributed by atoms with Gasteiger partial charge in [-0.1, -0.05) is 0 Å². The van der Waals surface area contributed by atoms with Crippen molar-refractivity contribution in [3.8, 4) is 0 Å². The predicted molar refractivity (Wildman–Crippen MR) is 83.1 cm³/mol. The molecule has 1 fully saturated rings. The number of amides is 1. The van der Waals surface area contributed by atoms with Crippen LogP contribution in [0, 0.1) is 5.92 Å². The number of aliphatic hydroxyl groups is 1. The van der Waals surface area contributed by atoms with Crippen LogP contribution < -0.4 is 5.73 Å². The second kappa shape index (κ2) is 7.82. The van der Waals surface area contributed by atoms with Gasteiger partial charge in [0.15, 0.2) is 0 Å². The average molecular weight is 341 g/mol. The van der Waals surface area contributed by atoms with Crippen LogP contribution >= 0.6 is 11.8 Å². The van der Waals surface area contributed by atoms with Gasteiger partial charge >= 0.3 is 43.7 Å². The van der Waals surface area contributed by atoms with Crippen molar-refractivity contribution < 1.29 is 22.7 Å². The average Bonchev–Trinajstić information content (AvgIpc) is 2.69. The van der Waals surface area contributed by atoms with Crippen LogP contribution in [0.2, 0.25) is 0 Å². The normalized spacial score (nSPS) is 25.6. The Bertz CT molecular complexity index is 505. The van der Waals surface area contributed by atoms with Crippen molar-refractivity contribution in [1.82, 2.24) is 4.90 Å². The van der Waals surface area contributed by atoms with Gasteiger partial charge in [-0.15, -0.1) is 11.8 Å². The van der Waals surface area contributed by atoms with Gasteiger partial charge in [0, 0.05) is 17.1 Å². The molecule has 0 spiro atoms. The number of carboxylic acid groups (broad SMARTS) is 1. The number of carbonyl (C=O) groups excluding carboxylic acids is 1. The minimum Gasteiger partial charge on any atom is -1.00 e. The summed E-state index contributed by atoms with van der Waals surface area (Å²) in [5.41, 5.74) is 5.19. The van der Waals surface area contributed by atoms with Crippen LogP contribution in [0.3, 0.4) is 0 Å². The molecule has 0 aliphatic carbocycles. The summed E-state index contributed by atoms with van der Waals surface area (Å²) in [5, 5.41) is 18.9. The molecular formula is C12H19CaN3O4S. The maximum absolute atomic E-state index is 11.9. The molecule has 0 aromatic heterocycles. The minimum absolute atomic E-state index is 0. The molecule has 21 heavy (non-hydrogen) atoms. The van der Waals surface area contributed by atoms with Crippen molar-refractivity contribution in [2.75, 3.05) is 12.3 Å². The summed E-state index contributed by atoms with van der Waals surface area (Å²) in [5.74, 6) is -1.30. The molecule has 0 saturated carbocycles. The third kappa shape index (κ3) is 3.56. The van der Waals surface area contributed by atoms with E-state index in [2.05, 4.69) is 4.99 Å². The first-order valence-corrected chi connectivity index (χ1v) is 7.28. The van der Waals surface area contributed by atoms with E-state index >= 15 is 0 Å². The molecule has 0 aromatic carbocycles. The van der Waals surface area contributed by atoms with Crippen molar-refractivity contribution in [1.29, 1.82) is 0 Å². The molecule has 0 radical (unpaired) electrons. The molecule has 0 aromatic rings. The van der Waals surface area contributed by atoms with E-state index in [1.165, 1.54) is 23.0 Å². The van der Waals surface area contributed by atoms with Crippen molar-refractivity contribution in [3.63, 3.8) is 0 Å². The molecule has 3 atom stereocenters. The van der Waals surface area contributed by atoms with Gasteiger partial charge < -0.3 is 23.7 Å². The minimum atomic E-state index is -1.10. The van der Waals surface area contributed by atoms with Crippen LogP contribution in [-0.2, 0) is 9.59 Å². The number of hydrogen-bond acceptors (Lipinski definition) is 5. The molecule has 2 rings (SSSR count). The van der Waals surface area contributed by atoms with Gasteiger partial charge in [-0.3, -0.25) is 9.79 Å². The van der Waals surface area contributed by atoms with E-state index in [4.69, 9.17) is 5.73 Å². The van der Waals surface area contributed by atoms with Crippen molar-refractivity contribution in [3.05, 3.63) is 10.6 Å². The molecule has 4 N–H and O–H groups in total.